The molecule has 2 heterocycles. The summed E-state index contributed by atoms with van der Waals surface area (Å²) >= 11 is 6.03. The largest absolute Gasteiger partial charge is 0.462 e. The molecule has 0 atom stereocenters. The molecular weight excluding hydrogens is 380 g/mol. The fourth-order valence-electron chi connectivity index (χ4n) is 3.22. The Labute approximate surface area is 166 Å². The average Bonchev–Trinajstić information content (AvgIpc) is 3.06. The van der Waals surface area contributed by atoms with Crippen LogP contribution in [-0.4, -0.2) is 28.2 Å². The molecule has 1 aliphatic rings. The fourth-order valence-corrected chi connectivity index (χ4v) is 3.41. The molecule has 1 aliphatic carbocycles. The van der Waals surface area contributed by atoms with E-state index in [1.807, 2.05) is 6.07 Å². The zero-order valence-corrected chi connectivity index (χ0v) is 15.8. The summed E-state index contributed by atoms with van der Waals surface area (Å²) in [7, 11) is 0. The first-order chi connectivity index (χ1) is 13.5. The van der Waals surface area contributed by atoms with Crippen LogP contribution in [0, 0.1) is 5.92 Å². The molecule has 0 spiro atoms. The number of hydrogen-bond donors (Lipinski definition) is 2. The number of halogens is 1. The van der Waals surface area contributed by atoms with E-state index in [9.17, 15) is 9.59 Å². The Morgan fingerprint density at radius 3 is 2.82 bits per heavy atom. The van der Waals surface area contributed by atoms with Crippen molar-refractivity contribution >= 4 is 46.0 Å². The third-order valence-corrected chi connectivity index (χ3v) is 5.18. The number of hydrogen-bond acceptors (Lipinski definition) is 5. The number of carbonyl (C=O) groups excluding carboxylic acids is 2. The number of anilines is 2. The number of nitrogens with one attached hydrogen (secondary N) is 1. The van der Waals surface area contributed by atoms with Crippen LogP contribution in [0.15, 0.2) is 42.7 Å². The van der Waals surface area contributed by atoms with E-state index < -0.39 is 12.0 Å². The van der Waals surface area contributed by atoms with Crippen LogP contribution >= 0.6 is 11.6 Å². The van der Waals surface area contributed by atoms with E-state index in [0.29, 0.717) is 45.5 Å². The number of nitrogens with zero attached hydrogens (tertiary/aromatic N) is 2. The van der Waals surface area contributed by atoms with E-state index in [2.05, 4.69) is 10.3 Å². The van der Waals surface area contributed by atoms with Crippen molar-refractivity contribution in [2.45, 2.75) is 19.3 Å². The van der Waals surface area contributed by atoms with Gasteiger partial charge in [-0.1, -0.05) is 24.1 Å². The molecule has 0 aliphatic heterocycles. The minimum absolute atomic E-state index is 0.297. The van der Waals surface area contributed by atoms with Gasteiger partial charge in [0.2, 0.25) is 0 Å². The zero-order chi connectivity index (χ0) is 19.7. The average molecular weight is 399 g/mol. The number of nitrogens with two attached hydrogens (primary N) is 1. The lowest BCUT2D eigenvalue weighted by Gasteiger charge is -2.24. The van der Waals surface area contributed by atoms with Crippen molar-refractivity contribution in [1.29, 1.82) is 0 Å². The summed E-state index contributed by atoms with van der Waals surface area (Å²) < 4.78 is 6.69. The highest BCUT2D eigenvalue weighted by Crippen LogP contribution is 2.30. The molecule has 4 rings (SSSR count). The molecule has 8 heteroatoms. The molecule has 0 saturated heterocycles. The maximum absolute atomic E-state index is 12.6. The Morgan fingerprint density at radius 2 is 2.14 bits per heavy atom. The van der Waals surface area contributed by atoms with Gasteiger partial charge in [-0.3, -0.25) is 4.57 Å². The lowest BCUT2D eigenvalue weighted by Crippen LogP contribution is -2.21. The summed E-state index contributed by atoms with van der Waals surface area (Å²) in [6, 6.07) is 8.08. The fraction of sp³-hybridized carbons (Fsp3) is 0.250. The number of benzene rings is 1. The number of pyridine rings is 1. The van der Waals surface area contributed by atoms with E-state index in [-0.39, 0.29) is 0 Å². The van der Waals surface area contributed by atoms with Gasteiger partial charge in [0.25, 0.3) is 0 Å². The van der Waals surface area contributed by atoms with E-state index in [0.717, 1.165) is 12.8 Å². The van der Waals surface area contributed by atoms with Gasteiger partial charge in [-0.25, -0.2) is 14.6 Å². The predicted octanol–water partition coefficient (Wildman–Crippen LogP) is 4.32. The van der Waals surface area contributed by atoms with Crippen LogP contribution in [0.4, 0.5) is 16.3 Å². The van der Waals surface area contributed by atoms with Crippen molar-refractivity contribution in [3.8, 4) is 0 Å². The van der Waals surface area contributed by atoms with Crippen molar-refractivity contribution in [3.63, 3.8) is 0 Å². The SMILES string of the molecule is NC(=O)n1ccc2c(C(=O)OCC3CCC3)cnc(Nc3cccc(Cl)c3)c21. The number of esters is 1. The second-order valence-electron chi connectivity index (χ2n) is 6.84. The highest BCUT2D eigenvalue weighted by molar-refractivity contribution is 6.30. The first-order valence-corrected chi connectivity index (χ1v) is 9.40. The third-order valence-electron chi connectivity index (χ3n) is 4.94. The van der Waals surface area contributed by atoms with Crippen molar-refractivity contribution in [3.05, 3.63) is 53.3 Å². The summed E-state index contributed by atoms with van der Waals surface area (Å²) in [6.45, 7) is 0.402. The molecule has 3 N–H and O–H groups in total. The maximum atomic E-state index is 12.6. The number of fused-ring (bicyclic) bond motifs is 1. The smallest absolute Gasteiger partial charge is 0.340 e. The normalized spacial score (nSPS) is 13.9. The van der Waals surface area contributed by atoms with Crippen LogP contribution in [0.5, 0.6) is 0 Å². The van der Waals surface area contributed by atoms with Gasteiger partial charge >= 0.3 is 12.0 Å². The number of carbonyl (C=O) groups is 2. The molecule has 2 aromatic heterocycles. The second-order valence-corrected chi connectivity index (χ2v) is 7.27. The number of ether oxygens (including phenoxy) is 1. The van der Waals surface area contributed by atoms with Gasteiger partial charge in [-0.05, 0) is 43.0 Å². The van der Waals surface area contributed by atoms with E-state index in [1.54, 1.807) is 24.3 Å². The summed E-state index contributed by atoms with van der Waals surface area (Å²) in [5.74, 6) is 0.365. The molecule has 28 heavy (non-hydrogen) atoms. The molecular formula is C20H19ClN4O3. The second kappa shape index (κ2) is 7.52. The van der Waals surface area contributed by atoms with Gasteiger partial charge in [0.15, 0.2) is 5.82 Å². The van der Waals surface area contributed by atoms with Crippen LogP contribution in [0.25, 0.3) is 10.9 Å². The number of amides is 1. The highest BCUT2D eigenvalue weighted by Gasteiger charge is 2.23. The molecule has 1 saturated carbocycles. The summed E-state index contributed by atoms with van der Waals surface area (Å²) in [4.78, 5) is 28.8. The molecule has 144 valence electrons. The lowest BCUT2D eigenvalue weighted by molar-refractivity contribution is 0.0373. The van der Waals surface area contributed by atoms with Crippen LogP contribution in [0.3, 0.4) is 0 Å². The van der Waals surface area contributed by atoms with Gasteiger partial charge in [0.1, 0.15) is 5.52 Å². The quantitative estimate of drug-likeness (QED) is 0.623. The molecule has 1 amide bonds. The van der Waals surface area contributed by atoms with Crippen LogP contribution in [-0.2, 0) is 4.74 Å². The van der Waals surface area contributed by atoms with Crippen LogP contribution in [0.1, 0.15) is 29.6 Å². The molecule has 0 bridgehead atoms. The summed E-state index contributed by atoms with van der Waals surface area (Å²) in [5, 5.41) is 4.22. The Kier molecular flexibility index (Phi) is 4.92. The first kappa shape index (κ1) is 18.3. The number of rotatable bonds is 5. The molecule has 1 fully saturated rings. The van der Waals surface area contributed by atoms with Gasteiger partial charge in [0.05, 0.1) is 12.2 Å². The lowest BCUT2D eigenvalue weighted by atomic mass is 9.86. The number of primary amides is 1. The van der Waals surface area contributed by atoms with Gasteiger partial charge < -0.3 is 15.8 Å². The van der Waals surface area contributed by atoms with Crippen molar-refractivity contribution < 1.29 is 14.3 Å². The molecule has 0 unspecified atom stereocenters. The van der Waals surface area contributed by atoms with E-state index in [4.69, 9.17) is 22.1 Å². The standard InChI is InChI=1S/C20H19ClN4O3/c21-13-5-2-6-14(9-13)24-18-17-15(7-8-25(17)20(22)27)16(10-23-18)19(26)28-11-12-3-1-4-12/h2,5-10,12H,1,3-4,11H2,(H2,22,27)(H,23,24). The first-order valence-electron chi connectivity index (χ1n) is 9.02. The van der Waals surface area contributed by atoms with Crippen molar-refractivity contribution in [2.24, 2.45) is 11.7 Å². The number of aromatic nitrogens is 2. The Hall–Kier alpha value is -3.06. The van der Waals surface area contributed by atoms with E-state index >= 15 is 0 Å². The van der Waals surface area contributed by atoms with Gasteiger partial charge in [-0.2, -0.15) is 0 Å². The Bertz CT molecular complexity index is 1060. The van der Waals surface area contributed by atoms with Crippen molar-refractivity contribution in [1.82, 2.24) is 9.55 Å². The Balaban J connectivity index is 1.71. The van der Waals surface area contributed by atoms with Crippen molar-refractivity contribution in [2.75, 3.05) is 11.9 Å². The van der Waals surface area contributed by atoms with Gasteiger partial charge in [0, 0.05) is 28.5 Å². The summed E-state index contributed by atoms with van der Waals surface area (Å²) in [6.07, 6.45) is 6.31. The van der Waals surface area contributed by atoms with Gasteiger partial charge in [-0.15, -0.1) is 0 Å². The minimum atomic E-state index is -0.675. The third kappa shape index (κ3) is 3.53. The molecule has 7 nitrogen and oxygen atoms in total. The molecule has 0 radical (unpaired) electrons. The highest BCUT2D eigenvalue weighted by atomic mass is 35.5. The van der Waals surface area contributed by atoms with Crippen LogP contribution < -0.4 is 11.1 Å². The monoisotopic (exact) mass is 398 g/mol. The maximum Gasteiger partial charge on any atom is 0.340 e. The topological polar surface area (TPSA) is 99.2 Å². The predicted molar refractivity (Wildman–Crippen MR) is 107 cm³/mol. The van der Waals surface area contributed by atoms with E-state index in [1.165, 1.54) is 23.4 Å². The zero-order valence-electron chi connectivity index (χ0n) is 15.0. The summed E-state index contributed by atoms with van der Waals surface area (Å²) in [5.41, 5.74) is 6.89. The minimum Gasteiger partial charge on any atom is -0.462 e. The van der Waals surface area contributed by atoms with Crippen LogP contribution in [0.2, 0.25) is 5.02 Å². The molecule has 1 aromatic carbocycles. The Morgan fingerprint density at radius 1 is 1.32 bits per heavy atom. The molecule has 3 aromatic rings.